The van der Waals surface area contributed by atoms with E-state index in [-0.39, 0.29) is 12.0 Å². The second kappa shape index (κ2) is 3.95. The molecule has 0 aromatic heterocycles. The largest absolute Gasteiger partial charge is 0.395 e. The van der Waals surface area contributed by atoms with E-state index in [2.05, 4.69) is 38.1 Å². The highest BCUT2D eigenvalue weighted by Crippen LogP contribution is 2.27. The van der Waals surface area contributed by atoms with Crippen LogP contribution >= 0.6 is 0 Å². The van der Waals surface area contributed by atoms with Crippen LogP contribution in [0.4, 0.5) is 0 Å². The minimum atomic E-state index is -0.144. The van der Waals surface area contributed by atoms with Crippen molar-refractivity contribution in [3.05, 3.63) is 35.4 Å². The highest BCUT2D eigenvalue weighted by atomic mass is 16.5. The quantitative estimate of drug-likeness (QED) is 0.820. The van der Waals surface area contributed by atoms with Crippen LogP contribution in [0.3, 0.4) is 0 Å². The lowest BCUT2D eigenvalue weighted by atomic mass is 9.84. The van der Waals surface area contributed by atoms with Gasteiger partial charge in [-0.1, -0.05) is 38.1 Å². The Morgan fingerprint density at radius 1 is 1.27 bits per heavy atom. The molecule has 0 saturated carbocycles. The average Bonchev–Trinajstić information content (AvgIpc) is 2.16. The third-order valence-corrected chi connectivity index (χ3v) is 3.20. The molecule has 1 heterocycles. The summed E-state index contributed by atoms with van der Waals surface area (Å²) in [5, 5.41) is 9.26. The molecule has 2 nitrogen and oxygen atoms in total. The molecule has 0 spiro atoms. The second-order valence-electron chi connectivity index (χ2n) is 4.90. The molecule has 0 amide bonds. The van der Waals surface area contributed by atoms with Crippen LogP contribution < -0.4 is 0 Å². The molecule has 1 aliphatic rings. The summed E-state index contributed by atoms with van der Waals surface area (Å²) in [6, 6.07) is 8.54. The van der Waals surface area contributed by atoms with E-state index in [0.29, 0.717) is 5.92 Å². The molecule has 82 valence electrons. The molecular weight excluding hydrogens is 188 g/mol. The number of aliphatic hydroxyl groups excluding tert-OH is 1. The van der Waals surface area contributed by atoms with Crippen molar-refractivity contribution >= 4 is 0 Å². The van der Waals surface area contributed by atoms with Crippen molar-refractivity contribution in [3.63, 3.8) is 0 Å². The first-order valence-corrected chi connectivity index (χ1v) is 5.42. The molecule has 1 N–H and O–H groups in total. The molecule has 1 aromatic carbocycles. The first-order chi connectivity index (χ1) is 7.13. The third kappa shape index (κ3) is 2.06. The van der Waals surface area contributed by atoms with Crippen molar-refractivity contribution in [1.29, 1.82) is 0 Å². The van der Waals surface area contributed by atoms with Crippen LogP contribution in [0.2, 0.25) is 0 Å². The highest BCUT2D eigenvalue weighted by molar-refractivity contribution is 5.30. The number of hydrogen-bond donors (Lipinski definition) is 1. The topological polar surface area (TPSA) is 29.5 Å². The van der Waals surface area contributed by atoms with Crippen LogP contribution in [0.25, 0.3) is 0 Å². The van der Waals surface area contributed by atoms with Gasteiger partial charge in [-0.05, 0) is 11.1 Å². The molecule has 0 radical (unpaired) electrons. The zero-order valence-electron chi connectivity index (χ0n) is 9.36. The Morgan fingerprint density at radius 2 is 1.87 bits per heavy atom. The van der Waals surface area contributed by atoms with Gasteiger partial charge in [0.05, 0.1) is 19.8 Å². The molecule has 1 saturated heterocycles. The fraction of sp³-hybridized carbons (Fsp3) is 0.538. The third-order valence-electron chi connectivity index (χ3n) is 3.20. The van der Waals surface area contributed by atoms with E-state index in [1.54, 1.807) is 0 Å². The molecular formula is C13H18O2. The minimum absolute atomic E-state index is 0.144. The Labute approximate surface area is 90.9 Å². The fourth-order valence-electron chi connectivity index (χ4n) is 1.73. The maximum absolute atomic E-state index is 9.26. The van der Waals surface area contributed by atoms with E-state index in [0.717, 1.165) is 13.2 Å². The van der Waals surface area contributed by atoms with Gasteiger partial charge in [-0.2, -0.15) is 0 Å². The monoisotopic (exact) mass is 206 g/mol. The second-order valence-corrected chi connectivity index (χ2v) is 4.90. The first kappa shape index (κ1) is 10.7. The van der Waals surface area contributed by atoms with Crippen LogP contribution in [0.1, 0.15) is 30.9 Å². The normalized spacial score (nSPS) is 17.5. The molecule has 15 heavy (non-hydrogen) atoms. The Hall–Kier alpha value is -0.860. The van der Waals surface area contributed by atoms with Gasteiger partial charge >= 0.3 is 0 Å². The van der Waals surface area contributed by atoms with Crippen LogP contribution in [0.15, 0.2) is 24.3 Å². The smallest absolute Gasteiger partial charge is 0.0557 e. The van der Waals surface area contributed by atoms with Gasteiger partial charge in [0.1, 0.15) is 0 Å². The van der Waals surface area contributed by atoms with E-state index in [4.69, 9.17) is 4.74 Å². The lowest BCUT2D eigenvalue weighted by Gasteiger charge is -2.28. The molecule has 1 fully saturated rings. The Morgan fingerprint density at radius 3 is 2.27 bits per heavy atom. The van der Waals surface area contributed by atoms with E-state index >= 15 is 0 Å². The van der Waals surface area contributed by atoms with E-state index in [9.17, 15) is 5.11 Å². The highest BCUT2D eigenvalue weighted by Gasteiger charge is 2.22. The maximum atomic E-state index is 9.26. The summed E-state index contributed by atoms with van der Waals surface area (Å²) in [5.41, 5.74) is 2.39. The van der Waals surface area contributed by atoms with E-state index in [1.165, 1.54) is 11.1 Å². The van der Waals surface area contributed by atoms with Gasteiger partial charge in [-0.25, -0.2) is 0 Å². The van der Waals surface area contributed by atoms with Crippen molar-refractivity contribution in [2.24, 2.45) is 0 Å². The van der Waals surface area contributed by atoms with Crippen molar-refractivity contribution < 1.29 is 9.84 Å². The van der Waals surface area contributed by atoms with Gasteiger partial charge in [0.15, 0.2) is 0 Å². The number of ether oxygens (including phenoxy) is 1. The van der Waals surface area contributed by atoms with E-state index in [1.807, 2.05) is 0 Å². The lowest BCUT2D eigenvalue weighted by molar-refractivity contribution is 0.00841. The number of aliphatic hydroxyl groups is 1. The Kier molecular flexibility index (Phi) is 2.81. The van der Waals surface area contributed by atoms with Gasteiger partial charge in [0, 0.05) is 11.3 Å². The van der Waals surface area contributed by atoms with Gasteiger partial charge in [-0.3, -0.25) is 0 Å². The van der Waals surface area contributed by atoms with Gasteiger partial charge in [-0.15, -0.1) is 0 Å². The molecule has 0 aliphatic carbocycles. The summed E-state index contributed by atoms with van der Waals surface area (Å²) in [6.45, 7) is 5.98. The summed E-state index contributed by atoms with van der Waals surface area (Å²) >= 11 is 0. The fourth-order valence-corrected chi connectivity index (χ4v) is 1.73. The summed E-state index contributed by atoms with van der Waals surface area (Å²) < 4.78 is 5.17. The van der Waals surface area contributed by atoms with Crippen LogP contribution in [-0.2, 0) is 10.2 Å². The van der Waals surface area contributed by atoms with Gasteiger partial charge in [0.2, 0.25) is 0 Å². The number of benzene rings is 1. The zero-order valence-corrected chi connectivity index (χ0v) is 9.36. The van der Waals surface area contributed by atoms with Gasteiger partial charge in [0.25, 0.3) is 0 Å². The molecule has 1 aliphatic heterocycles. The van der Waals surface area contributed by atoms with Crippen molar-refractivity contribution in [3.8, 4) is 0 Å². The molecule has 0 unspecified atom stereocenters. The first-order valence-electron chi connectivity index (χ1n) is 5.42. The summed E-state index contributed by atoms with van der Waals surface area (Å²) in [4.78, 5) is 0. The summed E-state index contributed by atoms with van der Waals surface area (Å²) in [5.74, 6) is 0.580. The average molecular weight is 206 g/mol. The zero-order chi connectivity index (χ0) is 10.9. The van der Waals surface area contributed by atoms with Crippen LogP contribution in [0.5, 0.6) is 0 Å². The summed E-state index contributed by atoms with van der Waals surface area (Å²) in [7, 11) is 0. The number of rotatable bonds is 3. The summed E-state index contributed by atoms with van der Waals surface area (Å²) in [6.07, 6.45) is 0. The lowest BCUT2D eigenvalue weighted by Crippen LogP contribution is -2.25. The van der Waals surface area contributed by atoms with Crippen LogP contribution in [0, 0.1) is 0 Å². The predicted octanol–water partition coefficient (Wildman–Crippen LogP) is 2.07. The van der Waals surface area contributed by atoms with Gasteiger partial charge < -0.3 is 9.84 Å². The number of hydrogen-bond acceptors (Lipinski definition) is 2. The molecule has 1 aromatic rings. The SMILES string of the molecule is CC(C)(CO)c1ccc(C2COC2)cc1. The predicted molar refractivity (Wildman–Crippen MR) is 60.1 cm³/mol. The minimum Gasteiger partial charge on any atom is -0.395 e. The standard InChI is InChI=1S/C13H18O2/c1-13(2,9-14)12-5-3-10(4-6-12)11-7-15-8-11/h3-6,11,14H,7-9H2,1-2H3. The maximum Gasteiger partial charge on any atom is 0.0557 e. The van der Waals surface area contributed by atoms with Crippen molar-refractivity contribution in [2.45, 2.75) is 25.2 Å². The van der Waals surface area contributed by atoms with E-state index < -0.39 is 0 Å². The molecule has 2 rings (SSSR count). The van der Waals surface area contributed by atoms with Crippen molar-refractivity contribution in [2.75, 3.05) is 19.8 Å². The molecule has 2 heteroatoms. The Balaban J connectivity index is 2.16. The van der Waals surface area contributed by atoms with Crippen molar-refractivity contribution in [1.82, 2.24) is 0 Å². The molecule has 0 atom stereocenters. The van der Waals surface area contributed by atoms with Crippen LogP contribution in [-0.4, -0.2) is 24.9 Å². The molecule has 0 bridgehead atoms. The Bertz CT molecular complexity index is 323.